The molecule has 0 aliphatic rings. The van der Waals surface area contributed by atoms with Gasteiger partial charge in [0.1, 0.15) is 0 Å². The van der Waals surface area contributed by atoms with E-state index in [-0.39, 0.29) is 28.1 Å². The van der Waals surface area contributed by atoms with Crippen LogP contribution in [0, 0.1) is 0 Å². The molecule has 0 radical (unpaired) electrons. The van der Waals surface area contributed by atoms with E-state index in [9.17, 15) is 14.4 Å². The first-order valence-corrected chi connectivity index (χ1v) is 9.71. The highest BCUT2D eigenvalue weighted by Gasteiger charge is 2.13. The van der Waals surface area contributed by atoms with Gasteiger partial charge in [0, 0.05) is 22.2 Å². The number of aromatic amines is 1. The van der Waals surface area contributed by atoms with Crippen LogP contribution in [-0.2, 0) is 4.79 Å². The Kier molecular flexibility index (Phi) is 6.37. The van der Waals surface area contributed by atoms with E-state index in [1.165, 1.54) is 31.4 Å². The Hall–Kier alpha value is -3.38. The highest BCUT2D eigenvalue weighted by Crippen LogP contribution is 2.24. The molecule has 0 aliphatic heterocycles. The van der Waals surface area contributed by atoms with Crippen LogP contribution in [0.15, 0.2) is 58.1 Å². The maximum Gasteiger partial charge on any atom is 0.291 e. The third kappa shape index (κ3) is 4.44. The molecule has 1 amide bonds. The molecule has 1 heterocycles. The van der Waals surface area contributed by atoms with E-state index in [4.69, 9.17) is 16.3 Å². The zero-order valence-electron chi connectivity index (χ0n) is 16.8. The fourth-order valence-corrected chi connectivity index (χ4v) is 3.34. The van der Waals surface area contributed by atoms with Crippen molar-refractivity contribution in [3.8, 4) is 5.75 Å². The lowest BCUT2D eigenvalue weighted by molar-refractivity contribution is -0.111. The van der Waals surface area contributed by atoms with Crippen LogP contribution < -0.4 is 21.0 Å². The van der Waals surface area contributed by atoms with Crippen molar-refractivity contribution in [1.29, 1.82) is 0 Å². The Balaban J connectivity index is 2.05. The van der Waals surface area contributed by atoms with Crippen LogP contribution in [0.1, 0.15) is 30.9 Å². The maximum absolute atomic E-state index is 13.0. The molecule has 6 nitrogen and oxygen atoms in total. The van der Waals surface area contributed by atoms with Gasteiger partial charge in [0.15, 0.2) is 11.2 Å². The largest absolute Gasteiger partial charge is 0.491 e. The lowest BCUT2D eigenvalue weighted by Gasteiger charge is -2.12. The summed E-state index contributed by atoms with van der Waals surface area (Å²) < 4.78 is 5.16. The molecule has 154 valence electrons. The van der Waals surface area contributed by atoms with Gasteiger partial charge < -0.3 is 15.0 Å². The summed E-state index contributed by atoms with van der Waals surface area (Å²) in [7, 11) is 1.29. The van der Waals surface area contributed by atoms with Crippen molar-refractivity contribution >= 4 is 40.2 Å². The second kappa shape index (κ2) is 8.97. The van der Waals surface area contributed by atoms with E-state index < -0.39 is 16.9 Å². The third-order valence-electron chi connectivity index (χ3n) is 4.62. The SMILES string of the molecule is COc1c(C=CC(=O)Nc2ccccc2C(C)C)c(=O)c2ccc(Cl)cc2[nH]c1=O. The molecule has 7 heteroatoms. The lowest BCUT2D eigenvalue weighted by Crippen LogP contribution is -2.12. The highest BCUT2D eigenvalue weighted by atomic mass is 35.5. The van der Waals surface area contributed by atoms with Crippen molar-refractivity contribution in [3.05, 3.63) is 85.3 Å². The summed E-state index contributed by atoms with van der Waals surface area (Å²) in [6.45, 7) is 4.06. The Morgan fingerprint density at radius 2 is 1.90 bits per heavy atom. The van der Waals surface area contributed by atoms with Gasteiger partial charge in [0.05, 0.1) is 18.2 Å². The maximum atomic E-state index is 13.0. The molecular formula is C23H21ClN2O4. The Morgan fingerprint density at radius 3 is 2.60 bits per heavy atom. The number of carbonyl (C=O) groups excluding carboxylic acids is 1. The van der Waals surface area contributed by atoms with E-state index >= 15 is 0 Å². The second-order valence-corrected chi connectivity index (χ2v) is 7.42. The number of methoxy groups -OCH3 is 1. The van der Waals surface area contributed by atoms with Gasteiger partial charge in [-0.3, -0.25) is 14.4 Å². The Morgan fingerprint density at radius 1 is 1.17 bits per heavy atom. The average Bonchev–Trinajstić information content (AvgIpc) is 2.80. The fraction of sp³-hybridized carbons (Fsp3) is 0.174. The summed E-state index contributed by atoms with van der Waals surface area (Å²) in [5.74, 6) is -0.387. The molecule has 2 aromatic carbocycles. The van der Waals surface area contributed by atoms with Gasteiger partial charge in [-0.2, -0.15) is 0 Å². The Labute approximate surface area is 178 Å². The summed E-state index contributed by atoms with van der Waals surface area (Å²) in [5, 5.41) is 3.45. The number of ether oxygens (including phenoxy) is 1. The number of fused-ring (bicyclic) bond motifs is 1. The number of nitrogens with one attached hydrogen (secondary N) is 2. The second-order valence-electron chi connectivity index (χ2n) is 6.98. The number of amides is 1. The number of para-hydroxylation sites is 1. The summed E-state index contributed by atoms with van der Waals surface area (Å²) in [6, 6.07) is 12.1. The van der Waals surface area contributed by atoms with E-state index in [1.54, 1.807) is 6.07 Å². The van der Waals surface area contributed by atoms with Gasteiger partial charge in [-0.15, -0.1) is 0 Å². The first-order chi connectivity index (χ1) is 14.3. The molecule has 0 unspecified atom stereocenters. The quantitative estimate of drug-likeness (QED) is 0.597. The van der Waals surface area contributed by atoms with Crippen LogP contribution in [0.3, 0.4) is 0 Å². The number of benzene rings is 2. The summed E-state index contributed by atoms with van der Waals surface area (Å²) in [5.41, 5.74) is 0.884. The van der Waals surface area contributed by atoms with Gasteiger partial charge in [0.2, 0.25) is 5.91 Å². The molecule has 0 atom stereocenters. The van der Waals surface area contributed by atoms with Gasteiger partial charge in [-0.1, -0.05) is 43.6 Å². The molecule has 0 saturated carbocycles. The lowest BCUT2D eigenvalue weighted by atomic mass is 10.0. The van der Waals surface area contributed by atoms with Crippen LogP contribution in [-0.4, -0.2) is 18.0 Å². The molecule has 0 fully saturated rings. The minimum atomic E-state index is -0.600. The number of rotatable bonds is 5. The predicted molar refractivity (Wildman–Crippen MR) is 121 cm³/mol. The molecule has 3 aromatic rings. The fourth-order valence-electron chi connectivity index (χ4n) is 3.17. The molecular weight excluding hydrogens is 404 g/mol. The van der Waals surface area contributed by atoms with E-state index in [0.717, 1.165) is 5.56 Å². The number of aromatic nitrogens is 1. The normalized spacial score (nSPS) is 11.2. The van der Waals surface area contributed by atoms with Gasteiger partial charge in [-0.05, 0) is 41.8 Å². The topological polar surface area (TPSA) is 88.3 Å². The molecule has 0 bridgehead atoms. The Bertz CT molecular complexity index is 1260. The molecule has 30 heavy (non-hydrogen) atoms. The van der Waals surface area contributed by atoms with Crippen molar-refractivity contribution < 1.29 is 9.53 Å². The first kappa shape index (κ1) is 21.3. The third-order valence-corrected chi connectivity index (χ3v) is 4.85. The number of halogens is 1. The number of anilines is 1. The molecule has 3 rings (SSSR count). The predicted octanol–water partition coefficient (Wildman–Crippen LogP) is 4.33. The van der Waals surface area contributed by atoms with Crippen LogP contribution in [0.4, 0.5) is 5.69 Å². The van der Waals surface area contributed by atoms with Gasteiger partial charge in [0.25, 0.3) is 5.56 Å². The van der Waals surface area contributed by atoms with Crippen LogP contribution in [0.5, 0.6) is 5.75 Å². The van der Waals surface area contributed by atoms with Crippen molar-refractivity contribution in [2.24, 2.45) is 0 Å². The number of carbonyl (C=O) groups is 1. The standard InChI is InChI=1S/C23H21ClN2O4/c1-13(2)15-6-4-5-7-18(15)25-20(27)11-10-17-21(28)16-9-8-14(24)12-19(16)26-23(29)22(17)30-3/h4-13H,1-3H3,(H,25,27)(H,26,29). The summed E-state index contributed by atoms with van der Waals surface area (Å²) in [4.78, 5) is 40.6. The van der Waals surface area contributed by atoms with E-state index in [2.05, 4.69) is 10.3 Å². The number of hydrogen-bond donors (Lipinski definition) is 2. The molecule has 0 aliphatic carbocycles. The monoisotopic (exact) mass is 424 g/mol. The number of hydrogen-bond acceptors (Lipinski definition) is 4. The molecule has 0 spiro atoms. The highest BCUT2D eigenvalue weighted by molar-refractivity contribution is 6.31. The van der Waals surface area contributed by atoms with E-state index in [0.29, 0.717) is 10.7 Å². The van der Waals surface area contributed by atoms with Crippen molar-refractivity contribution in [1.82, 2.24) is 4.98 Å². The van der Waals surface area contributed by atoms with Crippen molar-refractivity contribution in [2.75, 3.05) is 12.4 Å². The summed E-state index contributed by atoms with van der Waals surface area (Å²) >= 11 is 5.97. The molecule has 1 aromatic heterocycles. The number of H-pyrrole nitrogens is 1. The van der Waals surface area contributed by atoms with Crippen LogP contribution >= 0.6 is 11.6 Å². The smallest absolute Gasteiger partial charge is 0.291 e. The first-order valence-electron chi connectivity index (χ1n) is 9.33. The minimum Gasteiger partial charge on any atom is -0.491 e. The van der Waals surface area contributed by atoms with Crippen molar-refractivity contribution in [2.45, 2.75) is 19.8 Å². The minimum absolute atomic E-state index is 0.0247. The van der Waals surface area contributed by atoms with E-state index in [1.807, 2.05) is 38.1 Å². The summed E-state index contributed by atoms with van der Waals surface area (Å²) in [6.07, 6.45) is 2.50. The van der Waals surface area contributed by atoms with Crippen LogP contribution in [0.2, 0.25) is 5.02 Å². The molecule has 2 N–H and O–H groups in total. The molecule has 0 saturated heterocycles. The van der Waals surface area contributed by atoms with Crippen molar-refractivity contribution in [3.63, 3.8) is 0 Å². The van der Waals surface area contributed by atoms with Gasteiger partial charge in [-0.25, -0.2) is 0 Å². The van der Waals surface area contributed by atoms with Crippen LogP contribution in [0.25, 0.3) is 17.0 Å². The average molecular weight is 425 g/mol. The zero-order chi connectivity index (χ0) is 21.8. The zero-order valence-corrected chi connectivity index (χ0v) is 17.5. The van der Waals surface area contributed by atoms with Gasteiger partial charge >= 0.3 is 0 Å².